The highest BCUT2D eigenvalue weighted by Crippen LogP contribution is 2.29. The van der Waals surface area contributed by atoms with Crippen LogP contribution in [0.5, 0.6) is 0 Å². The van der Waals surface area contributed by atoms with Crippen LogP contribution < -0.4 is 5.32 Å². The molecule has 0 aliphatic heterocycles. The fourth-order valence-electron chi connectivity index (χ4n) is 2.19. The predicted octanol–water partition coefficient (Wildman–Crippen LogP) is 3.83. The molecule has 1 N–H and O–H groups in total. The Balaban J connectivity index is 1.48. The minimum absolute atomic E-state index is 0.0777. The number of esters is 1. The summed E-state index contributed by atoms with van der Waals surface area (Å²) < 4.78 is 7.02. The summed E-state index contributed by atoms with van der Waals surface area (Å²) in [6.07, 6.45) is -0.927. The van der Waals surface area contributed by atoms with E-state index in [1.54, 1.807) is 24.3 Å². The number of nitriles is 1. The van der Waals surface area contributed by atoms with Gasteiger partial charge >= 0.3 is 5.97 Å². The van der Waals surface area contributed by atoms with Crippen molar-refractivity contribution in [2.24, 2.45) is 0 Å². The Morgan fingerprint density at radius 3 is 2.70 bits per heavy atom. The van der Waals surface area contributed by atoms with E-state index in [0.29, 0.717) is 11.3 Å². The van der Waals surface area contributed by atoms with Gasteiger partial charge in [0.15, 0.2) is 10.4 Å². The van der Waals surface area contributed by atoms with Crippen molar-refractivity contribution >= 4 is 50.9 Å². The number of amides is 1. The van der Waals surface area contributed by atoms with Gasteiger partial charge in [0, 0.05) is 5.69 Å². The van der Waals surface area contributed by atoms with Gasteiger partial charge in [-0.2, -0.15) is 5.26 Å². The Hall–Kier alpha value is -2.89. The van der Waals surface area contributed by atoms with Gasteiger partial charge in [-0.15, -0.1) is 11.3 Å². The zero-order valence-electron chi connectivity index (χ0n) is 14.3. The van der Waals surface area contributed by atoms with Gasteiger partial charge < -0.3 is 10.1 Å². The molecule has 8 heteroatoms. The molecule has 6 nitrogen and oxygen atoms in total. The number of aromatic nitrogens is 1. The van der Waals surface area contributed by atoms with Gasteiger partial charge in [0.1, 0.15) is 0 Å². The molecule has 0 saturated carbocycles. The molecule has 0 aliphatic carbocycles. The van der Waals surface area contributed by atoms with E-state index in [2.05, 4.69) is 10.3 Å². The quantitative estimate of drug-likeness (QED) is 0.502. The topological polar surface area (TPSA) is 92.1 Å². The number of anilines is 1. The first-order valence-corrected chi connectivity index (χ1v) is 9.84. The third kappa shape index (κ3) is 5.06. The molecule has 27 heavy (non-hydrogen) atoms. The molecule has 0 saturated heterocycles. The first-order valence-electron chi connectivity index (χ1n) is 8.04. The number of benzene rings is 2. The van der Waals surface area contributed by atoms with Crippen LogP contribution in [-0.4, -0.2) is 28.7 Å². The van der Waals surface area contributed by atoms with Crippen LogP contribution in [-0.2, 0) is 14.3 Å². The number of hydrogen-bond donors (Lipinski definition) is 1. The average Bonchev–Trinajstić information content (AvgIpc) is 3.10. The Kier molecular flexibility index (Phi) is 6.06. The van der Waals surface area contributed by atoms with Crippen molar-refractivity contribution in [1.82, 2.24) is 4.98 Å². The van der Waals surface area contributed by atoms with E-state index in [1.807, 2.05) is 30.3 Å². The highest BCUT2D eigenvalue weighted by atomic mass is 32.2. The lowest BCUT2D eigenvalue weighted by atomic mass is 10.2. The van der Waals surface area contributed by atoms with Crippen LogP contribution in [0.4, 0.5) is 5.69 Å². The van der Waals surface area contributed by atoms with E-state index in [0.717, 1.165) is 14.6 Å². The van der Waals surface area contributed by atoms with Gasteiger partial charge in [0.05, 0.1) is 27.6 Å². The molecule has 0 unspecified atom stereocenters. The van der Waals surface area contributed by atoms with Crippen LogP contribution in [0.1, 0.15) is 12.5 Å². The molecule has 3 rings (SSSR count). The second-order valence-electron chi connectivity index (χ2n) is 5.55. The summed E-state index contributed by atoms with van der Waals surface area (Å²) in [6, 6.07) is 16.2. The fourth-order valence-corrected chi connectivity index (χ4v) is 4.04. The molecule has 3 aromatic rings. The van der Waals surface area contributed by atoms with Gasteiger partial charge in [-0.25, -0.2) is 4.98 Å². The first-order chi connectivity index (χ1) is 13.0. The molecule has 0 radical (unpaired) electrons. The molecule has 0 fully saturated rings. The number of thioether (sulfide) groups is 1. The van der Waals surface area contributed by atoms with Crippen molar-refractivity contribution in [2.75, 3.05) is 11.1 Å². The number of carbonyl (C=O) groups excluding carboxylic acids is 2. The lowest BCUT2D eigenvalue weighted by Crippen LogP contribution is -2.30. The fraction of sp³-hybridized carbons (Fsp3) is 0.158. The molecule has 1 atom stereocenters. The number of thiazole rings is 1. The monoisotopic (exact) mass is 397 g/mol. The Bertz CT molecular complexity index is 976. The Labute approximate surface area is 164 Å². The summed E-state index contributed by atoms with van der Waals surface area (Å²) in [6.45, 7) is 1.51. The summed E-state index contributed by atoms with van der Waals surface area (Å²) in [5.74, 6) is -0.839. The van der Waals surface area contributed by atoms with E-state index in [4.69, 9.17) is 10.00 Å². The lowest BCUT2D eigenvalue weighted by Gasteiger charge is -2.13. The van der Waals surface area contributed by atoms with E-state index in [1.165, 1.54) is 30.0 Å². The number of para-hydroxylation sites is 1. The van der Waals surface area contributed by atoms with Crippen molar-refractivity contribution in [3.8, 4) is 6.07 Å². The largest absolute Gasteiger partial charge is 0.452 e. The van der Waals surface area contributed by atoms with Crippen molar-refractivity contribution in [3.05, 3.63) is 54.1 Å². The zero-order chi connectivity index (χ0) is 19.2. The maximum atomic E-state index is 12.1. The van der Waals surface area contributed by atoms with Crippen molar-refractivity contribution in [2.45, 2.75) is 17.4 Å². The molecule has 1 amide bonds. The van der Waals surface area contributed by atoms with Gasteiger partial charge in [-0.1, -0.05) is 23.9 Å². The van der Waals surface area contributed by atoms with Gasteiger partial charge in [-0.05, 0) is 43.3 Å². The number of nitrogens with one attached hydrogen (secondary N) is 1. The van der Waals surface area contributed by atoms with Crippen molar-refractivity contribution in [3.63, 3.8) is 0 Å². The summed E-state index contributed by atoms with van der Waals surface area (Å²) >= 11 is 2.80. The van der Waals surface area contributed by atoms with Crippen LogP contribution in [0.3, 0.4) is 0 Å². The molecule has 136 valence electrons. The molecule has 0 aliphatic rings. The summed E-state index contributed by atoms with van der Waals surface area (Å²) in [5.41, 5.74) is 1.93. The standard InChI is InChI=1S/C19H15N3O3S2/c1-12(18(24)21-14-8-6-13(10-20)7-9-14)25-17(23)11-26-19-22-15-4-2-3-5-16(15)27-19/h2-9,12H,11H2,1H3,(H,21,24)/t12-/m0/s1. The van der Waals surface area contributed by atoms with Crippen LogP contribution in [0.2, 0.25) is 0 Å². The Morgan fingerprint density at radius 2 is 2.00 bits per heavy atom. The number of rotatable bonds is 6. The third-order valence-corrected chi connectivity index (χ3v) is 5.70. The normalized spacial score (nSPS) is 11.6. The van der Waals surface area contributed by atoms with Gasteiger partial charge in [0.25, 0.3) is 5.91 Å². The van der Waals surface area contributed by atoms with E-state index in [-0.39, 0.29) is 5.75 Å². The average molecular weight is 397 g/mol. The highest BCUT2D eigenvalue weighted by Gasteiger charge is 2.18. The molecule has 1 aromatic heterocycles. The van der Waals surface area contributed by atoms with E-state index >= 15 is 0 Å². The molecular weight excluding hydrogens is 382 g/mol. The number of fused-ring (bicyclic) bond motifs is 1. The van der Waals surface area contributed by atoms with Crippen molar-refractivity contribution < 1.29 is 14.3 Å². The second-order valence-corrected chi connectivity index (χ2v) is 7.80. The second kappa shape index (κ2) is 8.66. The molecule has 1 heterocycles. The molecule has 0 spiro atoms. The maximum absolute atomic E-state index is 12.1. The lowest BCUT2D eigenvalue weighted by molar-refractivity contribution is -0.150. The Morgan fingerprint density at radius 1 is 1.26 bits per heavy atom. The first kappa shape index (κ1) is 18.9. The maximum Gasteiger partial charge on any atom is 0.317 e. The smallest absolute Gasteiger partial charge is 0.317 e. The molecule has 2 aromatic carbocycles. The van der Waals surface area contributed by atoms with E-state index in [9.17, 15) is 9.59 Å². The molecular formula is C19H15N3O3S2. The van der Waals surface area contributed by atoms with Crippen LogP contribution in [0, 0.1) is 11.3 Å². The minimum atomic E-state index is -0.927. The van der Waals surface area contributed by atoms with Gasteiger partial charge in [0.2, 0.25) is 0 Å². The third-order valence-electron chi connectivity index (χ3n) is 3.55. The van der Waals surface area contributed by atoms with Crippen LogP contribution in [0.15, 0.2) is 52.9 Å². The highest BCUT2D eigenvalue weighted by molar-refractivity contribution is 8.01. The van der Waals surface area contributed by atoms with Crippen LogP contribution >= 0.6 is 23.1 Å². The molecule has 0 bridgehead atoms. The number of carbonyl (C=O) groups is 2. The summed E-state index contributed by atoms with van der Waals surface area (Å²) in [7, 11) is 0. The zero-order valence-corrected chi connectivity index (χ0v) is 16.0. The number of nitrogens with zero attached hydrogens (tertiary/aromatic N) is 2. The SMILES string of the molecule is C[C@H](OC(=O)CSc1nc2ccccc2s1)C(=O)Nc1ccc(C#N)cc1. The van der Waals surface area contributed by atoms with Gasteiger partial charge in [-0.3, -0.25) is 9.59 Å². The minimum Gasteiger partial charge on any atom is -0.452 e. The predicted molar refractivity (Wildman–Crippen MR) is 106 cm³/mol. The van der Waals surface area contributed by atoms with E-state index < -0.39 is 18.0 Å². The number of hydrogen-bond acceptors (Lipinski definition) is 7. The van der Waals surface area contributed by atoms with Crippen LogP contribution in [0.25, 0.3) is 10.2 Å². The number of ether oxygens (including phenoxy) is 1. The summed E-state index contributed by atoms with van der Waals surface area (Å²) in [5, 5.41) is 11.4. The summed E-state index contributed by atoms with van der Waals surface area (Å²) in [4.78, 5) is 28.6. The van der Waals surface area contributed by atoms with Crippen molar-refractivity contribution in [1.29, 1.82) is 5.26 Å².